The Morgan fingerprint density at radius 2 is 1.54 bits per heavy atom. The SMILES string of the molecule is I.NC(=NCc1cccc(C(=O)OCc2ccccc2)c1)Nc1ccccc1. The van der Waals surface area contributed by atoms with Crippen LogP contribution in [0.3, 0.4) is 0 Å². The molecule has 3 aromatic carbocycles. The van der Waals surface area contributed by atoms with Crippen molar-refractivity contribution < 1.29 is 9.53 Å². The number of nitrogens with two attached hydrogens (primary N) is 1. The highest BCUT2D eigenvalue weighted by Crippen LogP contribution is 2.10. The van der Waals surface area contributed by atoms with Crippen molar-refractivity contribution in [3.8, 4) is 0 Å². The van der Waals surface area contributed by atoms with Crippen LogP contribution in [-0.4, -0.2) is 11.9 Å². The van der Waals surface area contributed by atoms with Gasteiger partial charge in [0, 0.05) is 5.69 Å². The van der Waals surface area contributed by atoms with E-state index >= 15 is 0 Å². The summed E-state index contributed by atoms with van der Waals surface area (Å²) in [4.78, 5) is 16.6. The molecule has 0 aliphatic carbocycles. The Kier molecular flexibility index (Phi) is 8.48. The first-order chi connectivity index (χ1) is 13.2. The van der Waals surface area contributed by atoms with Crippen molar-refractivity contribution in [3.05, 3.63) is 102 Å². The number of ether oxygens (including phenoxy) is 1. The van der Waals surface area contributed by atoms with Crippen LogP contribution in [0.1, 0.15) is 21.5 Å². The fourth-order valence-electron chi connectivity index (χ4n) is 2.49. The zero-order valence-electron chi connectivity index (χ0n) is 15.2. The Balaban J connectivity index is 0.00000280. The minimum Gasteiger partial charge on any atom is -0.457 e. The second kappa shape index (κ2) is 11.1. The lowest BCUT2D eigenvalue weighted by Crippen LogP contribution is -2.22. The van der Waals surface area contributed by atoms with E-state index in [0.717, 1.165) is 16.8 Å². The number of aliphatic imine (C=N–C) groups is 1. The summed E-state index contributed by atoms with van der Waals surface area (Å²) in [5, 5.41) is 3.02. The number of esters is 1. The number of nitrogens with zero attached hydrogens (tertiary/aromatic N) is 1. The van der Waals surface area contributed by atoms with Crippen molar-refractivity contribution in [2.75, 3.05) is 5.32 Å². The molecule has 3 N–H and O–H groups in total. The van der Waals surface area contributed by atoms with Crippen molar-refractivity contribution in [1.29, 1.82) is 0 Å². The van der Waals surface area contributed by atoms with Crippen LogP contribution in [0.4, 0.5) is 5.69 Å². The molecule has 0 radical (unpaired) electrons. The van der Waals surface area contributed by atoms with E-state index in [2.05, 4.69) is 10.3 Å². The van der Waals surface area contributed by atoms with Crippen LogP contribution in [0.15, 0.2) is 89.9 Å². The standard InChI is InChI=1S/C22H21N3O2.HI/c23-22(25-20-12-5-2-6-13-20)24-15-18-10-7-11-19(14-18)21(26)27-16-17-8-3-1-4-9-17;/h1-14H,15-16H2,(H3,23,24,25);1H. The van der Waals surface area contributed by atoms with Crippen LogP contribution in [0.2, 0.25) is 0 Å². The van der Waals surface area contributed by atoms with Gasteiger partial charge in [-0.2, -0.15) is 0 Å². The van der Waals surface area contributed by atoms with E-state index in [1.165, 1.54) is 0 Å². The molecular weight excluding hydrogens is 465 g/mol. The summed E-state index contributed by atoms with van der Waals surface area (Å²) in [7, 11) is 0. The summed E-state index contributed by atoms with van der Waals surface area (Å²) in [6.07, 6.45) is 0. The van der Waals surface area contributed by atoms with E-state index in [1.807, 2.05) is 72.8 Å². The lowest BCUT2D eigenvalue weighted by atomic mass is 10.1. The van der Waals surface area contributed by atoms with Crippen molar-refractivity contribution in [1.82, 2.24) is 0 Å². The topological polar surface area (TPSA) is 76.7 Å². The third kappa shape index (κ3) is 6.70. The largest absolute Gasteiger partial charge is 0.457 e. The normalized spacial score (nSPS) is 10.6. The molecule has 6 heteroatoms. The van der Waals surface area contributed by atoms with Gasteiger partial charge in [0.15, 0.2) is 5.96 Å². The highest BCUT2D eigenvalue weighted by Gasteiger charge is 2.08. The molecule has 3 aromatic rings. The van der Waals surface area contributed by atoms with E-state index in [0.29, 0.717) is 18.1 Å². The molecule has 0 aliphatic heterocycles. The quantitative estimate of drug-likeness (QED) is 0.231. The third-order valence-electron chi connectivity index (χ3n) is 3.85. The van der Waals surface area contributed by atoms with Gasteiger partial charge >= 0.3 is 5.97 Å². The lowest BCUT2D eigenvalue weighted by Gasteiger charge is -2.07. The molecule has 0 saturated carbocycles. The number of hydrogen-bond acceptors (Lipinski definition) is 3. The summed E-state index contributed by atoms with van der Waals surface area (Å²) in [5.41, 5.74) is 9.10. The van der Waals surface area contributed by atoms with Crippen molar-refractivity contribution in [2.45, 2.75) is 13.2 Å². The highest BCUT2D eigenvalue weighted by atomic mass is 127. The average Bonchev–Trinajstić information content (AvgIpc) is 2.72. The van der Waals surface area contributed by atoms with Gasteiger partial charge in [-0.3, -0.25) is 0 Å². The zero-order chi connectivity index (χ0) is 18.9. The molecular formula is C22H22IN3O2. The van der Waals surface area contributed by atoms with Gasteiger partial charge in [0.05, 0.1) is 12.1 Å². The van der Waals surface area contributed by atoms with E-state index < -0.39 is 0 Å². The van der Waals surface area contributed by atoms with Gasteiger partial charge in [-0.15, -0.1) is 24.0 Å². The molecule has 0 atom stereocenters. The summed E-state index contributed by atoms with van der Waals surface area (Å²) < 4.78 is 5.36. The van der Waals surface area contributed by atoms with Crippen LogP contribution in [0.5, 0.6) is 0 Å². The fourth-order valence-corrected chi connectivity index (χ4v) is 2.49. The molecule has 0 heterocycles. The Labute approximate surface area is 181 Å². The Bertz CT molecular complexity index is 915. The van der Waals surface area contributed by atoms with Crippen LogP contribution >= 0.6 is 24.0 Å². The number of carbonyl (C=O) groups excluding carboxylic acids is 1. The Morgan fingerprint density at radius 3 is 2.25 bits per heavy atom. The number of para-hydroxylation sites is 1. The molecule has 0 aromatic heterocycles. The lowest BCUT2D eigenvalue weighted by molar-refractivity contribution is 0.0472. The van der Waals surface area contributed by atoms with Crippen LogP contribution < -0.4 is 11.1 Å². The van der Waals surface area contributed by atoms with Crippen molar-refractivity contribution in [2.24, 2.45) is 10.7 Å². The number of nitrogens with one attached hydrogen (secondary N) is 1. The number of guanidine groups is 1. The van der Waals surface area contributed by atoms with Gasteiger partial charge in [-0.25, -0.2) is 9.79 Å². The van der Waals surface area contributed by atoms with E-state index in [9.17, 15) is 4.79 Å². The maximum absolute atomic E-state index is 12.3. The van der Waals surface area contributed by atoms with E-state index in [4.69, 9.17) is 10.5 Å². The first-order valence-corrected chi connectivity index (χ1v) is 8.63. The van der Waals surface area contributed by atoms with Gasteiger partial charge in [0.25, 0.3) is 0 Å². The van der Waals surface area contributed by atoms with Crippen LogP contribution in [0, 0.1) is 0 Å². The maximum Gasteiger partial charge on any atom is 0.338 e. The highest BCUT2D eigenvalue weighted by molar-refractivity contribution is 14.0. The molecule has 0 fully saturated rings. The number of anilines is 1. The van der Waals surface area contributed by atoms with Gasteiger partial charge in [-0.1, -0.05) is 60.7 Å². The van der Waals surface area contributed by atoms with E-state index in [-0.39, 0.29) is 36.6 Å². The second-order valence-electron chi connectivity index (χ2n) is 5.95. The number of rotatable bonds is 6. The first-order valence-electron chi connectivity index (χ1n) is 8.63. The number of benzene rings is 3. The smallest absolute Gasteiger partial charge is 0.338 e. The zero-order valence-corrected chi connectivity index (χ0v) is 17.6. The van der Waals surface area contributed by atoms with Crippen molar-refractivity contribution in [3.63, 3.8) is 0 Å². The number of carbonyl (C=O) groups is 1. The van der Waals surface area contributed by atoms with Crippen LogP contribution in [-0.2, 0) is 17.9 Å². The molecule has 0 spiro atoms. The van der Waals surface area contributed by atoms with Crippen LogP contribution in [0.25, 0.3) is 0 Å². The minimum absolute atomic E-state index is 0. The molecule has 0 aliphatic rings. The fraction of sp³-hybridized carbons (Fsp3) is 0.0909. The predicted molar refractivity (Wildman–Crippen MR) is 123 cm³/mol. The molecule has 3 rings (SSSR count). The predicted octanol–water partition coefficient (Wildman–Crippen LogP) is 4.59. The molecule has 0 unspecified atom stereocenters. The average molecular weight is 487 g/mol. The Hall–Kier alpha value is -2.87. The third-order valence-corrected chi connectivity index (χ3v) is 3.85. The van der Waals surface area contributed by atoms with Crippen molar-refractivity contribution >= 4 is 41.6 Å². The molecule has 0 bridgehead atoms. The molecule has 0 amide bonds. The number of halogens is 1. The van der Waals surface area contributed by atoms with Gasteiger partial charge < -0.3 is 15.8 Å². The second-order valence-corrected chi connectivity index (χ2v) is 5.95. The molecule has 28 heavy (non-hydrogen) atoms. The summed E-state index contributed by atoms with van der Waals surface area (Å²) in [6.45, 7) is 0.613. The van der Waals surface area contributed by atoms with Gasteiger partial charge in [0.1, 0.15) is 6.61 Å². The maximum atomic E-state index is 12.3. The molecule has 5 nitrogen and oxygen atoms in total. The van der Waals surface area contributed by atoms with Gasteiger partial charge in [0.2, 0.25) is 0 Å². The number of hydrogen-bond donors (Lipinski definition) is 2. The summed E-state index contributed by atoms with van der Waals surface area (Å²) in [6, 6.07) is 26.4. The monoisotopic (exact) mass is 487 g/mol. The summed E-state index contributed by atoms with van der Waals surface area (Å²) in [5.74, 6) is -0.0432. The molecule has 144 valence electrons. The van der Waals surface area contributed by atoms with E-state index in [1.54, 1.807) is 12.1 Å². The molecule has 0 saturated heterocycles. The Morgan fingerprint density at radius 1 is 0.893 bits per heavy atom. The minimum atomic E-state index is -0.361. The first kappa shape index (κ1) is 21.4. The van der Waals surface area contributed by atoms with Gasteiger partial charge in [-0.05, 0) is 35.4 Å². The summed E-state index contributed by atoms with van der Waals surface area (Å²) >= 11 is 0.